The summed E-state index contributed by atoms with van der Waals surface area (Å²) in [7, 11) is 1.48. The van der Waals surface area contributed by atoms with Crippen molar-refractivity contribution >= 4 is 28.9 Å². The molecule has 3 unspecified atom stereocenters. The molecule has 170 valence electrons. The first-order valence-electron chi connectivity index (χ1n) is 11.1. The number of amides is 2. The summed E-state index contributed by atoms with van der Waals surface area (Å²) in [5, 5.41) is 3.22. The monoisotopic (exact) mass is 452 g/mol. The van der Waals surface area contributed by atoms with E-state index in [4.69, 9.17) is 14.2 Å². The van der Waals surface area contributed by atoms with Crippen molar-refractivity contribution < 1.29 is 23.4 Å². The highest BCUT2D eigenvalue weighted by atomic mass is 32.2. The number of ether oxygens (including phenoxy) is 3. The Morgan fingerprint density at radius 1 is 1.29 bits per heavy atom. The van der Waals surface area contributed by atoms with Crippen molar-refractivity contribution in [3.8, 4) is 0 Å². The number of carbonyl (C=O) groups is 1. The van der Waals surface area contributed by atoms with Crippen LogP contribution in [0.3, 0.4) is 0 Å². The molecule has 31 heavy (non-hydrogen) atoms. The number of hydrogen-bond acceptors (Lipinski definition) is 7. The summed E-state index contributed by atoms with van der Waals surface area (Å²) in [4.78, 5) is 23.5. The van der Waals surface area contributed by atoms with E-state index in [0.29, 0.717) is 37.0 Å². The smallest absolute Gasteiger partial charge is 0.323 e. The van der Waals surface area contributed by atoms with E-state index in [-0.39, 0.29) is 28.5 Å². The molecule has 2 amide bonds. The van der Waals surface area contributed by atoms with Gasteiger partial charge in [0.15, 0.2) is 5.17 Å². The number of methoxy groups -OCH3 is 1. The number of rotatable bonds is 1. The maximum Gasteiger partial charge on any atom is 0.323 e. The van der Waals surface area contributed by atoms with E-state index >= 15 is 0 Å². The van der Waals surface area contributed by atoms with Crippen molar-refractivity contribution in [1.82, 2.24) is 10.2 Å². The van der Waals surface area contributed by atoms with Gasteiger partial charge in [-0.3, -0.25) is 5.32 Å². The second-order valence-corrected chi connectivity index (χ2v) is 10.1. The fourth-order valence-corrected chi connectivity index (χ4v) is 6.60. The highest BCUT2D eigenvalue weighted by Gasteiger charge is 2.46. The number of aliphatic imine (C=N–C) groups is 2. The molecule has 8 nitrogen and oxygen atoms in total. The van der Waals surface area contributed by atoms with Crippen LogP contribution in [-0.4, -0.2) is 79.9 Å². The molecule has 5 aliphatic rings. The lowest BCUT2D eigenvalue weighted by molar-refractivity contribution is -0.000357. The molecule has 0 aromatic carbocycles. The fraction of sp³-hybridized carbons (Fsp3) is 0.762. The Labute approximate surface area is 185 Å². The van der Waals surface area contributed by atoms with Gasteiger partial charge in [-0.1, -0.05) is 11.8 Å². The van der Waals surface area contributed by atoms with Crippen LogP contribution in [0.25, 0.3) is 0 Å². The van der Waals surface area contributed by atoms with Crippen molar-refractivity contribution in [3.05, 3.63) is 11.5 Å². The first-order valence-corrected chi connectivity index (χ1v) is 11.9. The van der Waals surface area contributed by atoms with Crippen molar-refractivity contribution in [2.24, 2.45) is 21.3 Å². The number of nitrogens with one attached hydrogen (secondary N) is 1. The molecule has 0 aromatic rings. The standard InChI is InChI=1S/C21H29FN4O4S/c1-28-18-15-16(14(17(22)24-18)13-3-9-29-10-4-13)31-19(23-15)25-20(27)26-7-6-21(11-26)5-2-8-30-12-21/h13,15-16H,2-12H2,1H3,(H,23,25,27). The second kappa shape index (κ2) is 8.71. The highest BCUT2D eigenvalue weighted by molar-refractivity contribution is 8.14. The minimum absolute atomic E-state index is 0.0749. The normalized spacial score (nSPS) is 33.9. The van der Waals surface area contributed by atoms with Crippen LogP contribution in [0.5, 0.6) is 0 Å². The zero-order valence-electron chi connectivity index (χ0n) is 17.8. The van der Waals surface area contributed by atoms with E-state index in [1.165, 1.54) is 18.9 Å². The maximum atomic E-state index is 14.9. The van der Waals surface area contributed by atoms with Crippen molar-refractivity contribution in [2.75, 3.05) is 46.6 Å². The topological polar surface area (TPSA) is 84.8 Å². The number of hydrogen-bond donors (Lipinski definition) is 1. The molecular weight excluding hydrogens is 423 g/mol. The Hall–Kier alpha value is -1.65. The third-order valence-electron chi connectivity index (χ3n) is 7.00. The molecule has 5 rings (SSSR count). The summed E-state index contributed by atoms with van der Waals surface area (Å²) in [6, 6.07) is -0.570. The molecule has 3 saturated heterocycles. The average molecular weight is 453 g/mol. The van der Waals surface area contributed by atoms with Gasteiger partial charge in [0.2, 0.25) is 11.8 Å². The van der Waals surface area contributed by atoms with Crippen LogP contribution in [0.4, 0.5) is 9.18 Å². The van der Waals surface area contributed by atoms with Crippen LogP contribution in [0.2, 0.25) is 0 Å². The molecule has 10 heteroatoms. The number of urea groups is 1. The van der Waals surface area contributed by atoms with Gasteiger partial charge in [0.05, 0.1) is 19.0 Å². The van der Waals surface area contributed by atoms with Crippen LogP contribution in [-0.2, 0) is 14.2 Å². The van der Waals surface area contributed by atoms with Gasteiger partial charge in [-0.2, -0.15) is 9.38 Å². The molecule has 3 atom stereocenters. The molecule has 5 heterocycles. The molecule has 0 saturated carbocycles. The first-order chi connectivity index (χ1) is 15.1. The summed E-state index contributed by atoms with van der Waals surface area (Å²) >= 11 is 1.40. The molecule has 0 radical (unpaired) electrons. The molecule has 1 N–H and O–H groups in total. The van der Waals surface area contributed by atoms with Gasteiger partial charge in [0.25, 0.3) is 0 Å². The number of likely N-dealkylation sites (tertiary alicyclic amines) is 1. The van der Waals surface area contributed by atoms with Gasteiger partial charge < -0.3 is 19.1 Å². The highest BCUT2D eigenvalue weighted by Crippen LogP contribution is 2.44. The lowest BCUT2D eigenvalue weighted by Gasteiger charge is -2.33. The minimum atomic E-state index is -0.473. The minimum Gasteiger partial charge on any atom is -0.482 e. The number of thioether (sulfide) groups is 1. The Kier molecular flexibility index (Phi) is 5.96. The zero-order valence-corrected chi connectivity index (χ0v) is 18.6. The van der Waals surface area contributed by atoms with Crippen LogP contribution < -0.4 is 5.32 Å². The first kappa shape index (κ1) is 21.2. The van der Waals surface area contributed by atoms with Gasteiger partial charge in [-0.25, -0.2) is 9.79 Å². The van der Waals surface area contributed by atoms with E-state index in [0.717, 1.165) is 45.3 Å². The van der Waals surface area contributed by atoms with Gasteiger partial charge in [-0.05, 0) is 38.0 Å². The van der Waals surface area contributed by atoms with E-state index in [1.54, 1.807) is 0 Å². The molecule has 0 aromatic heterocycles. The number of nitrogens with zero attached hydrogens (tertiary/aromatic N) is 3. The predicted octanol–water partition coefficient (Wildman–Crippen LogP) is 2.70. The Bertz CT molecular complexity index is 820. The van der Waals surface area contributed by atoms with Crippen LogP contribution >= 0.6 is 11.8 Å². The van der Waals surface area contributed by atoms with Crippen molar-refractivity contribution in [1.29, 1.82) is 0 Å². The van der Waals surface area contributed by atoms with E-state index in [9.17, 15) is 9.18 Å². The van der Waals surface area contributed by atoms with Crippen LogP contribution in [0.15, 0.2) is 21.5 Å². The molecular formula is C21H29FN4O4S. The molecule has 3 fully saturated rings. The Morgan fingerprint density at radius 3 is 2.87 bits per heavy atom. The third-order valence-corrected chi connectivity index (χ3v) is 8.20. The Morgan fingerprint density at radius 2 is 2.13 bits per heavy atom. The summed E-state index contributed by atoms with van der Waals surface area (Å²) in [6.45, 7) is 4.20. The van der Waals surface area contributed by atoms with E-state index in [2.05, 4.69) is 15.3 Å². The predicted molar refractivity (Wildman–Crippen MR) is 116 cm³/mol. The fourth-order valence-electron chi connectivity index (χ4n) is 5.32. The lowest BCUT2D eigenvalue weighted by atomic mass is 9.82. The van der Waals surface area contributed by atoms with Crippen molar-refractivity contribution in [3.63, 3.8) is 0 Å². The van der Waals surface area contributed by atoms with Crippen molar-refractivity contribution in [2.45, 2.75) is 43.4 Å². The zero-order chi connectivity index (χ0) is 21.4. The largest absolute Gasteiger partial charge is 0.482 e. The molecule has 0 bridgehead atoms. The second-order valence-electron chi connectivity index (χ2n) is 8.96. The van der Waals surface area contributed by atoms with Gasteiger partial charge >= 0.3 is 6.03 Å². The number of fused-ring (bicyclic) bond motifs is 1. The third kappa shape index (κ3) is 4.09. The van der Waals surface area contributed by atoms with Gasteiger partial charge in [0.1, 0.15) is 6.04 Å². The SMILES string of the molecule is COC1=NC(F)=C(C2CCOCC2)C2SC(NC(=O)N3CCC4(CCCOC4)C3)=NC12. The van der Waals surface area contributed by atoms with Gasteiger partial charge in [0, 0.05) is 43.9 Å². The summed E-state index contributed by atoms with van der Waals surface area (Å²) in [6.07, 6.45) is 4.65. The van der Waals surface area contributed by atoms with Crippen LogP contribution in [0.1, 0.15) is 32.1 Å². The lowest BCUT2D eigenvalue weighted by Crippen LogP contribution is -2.43. The summed E-state index contributed by atoms with van der Waals surface area (Å²) in [5.74, 6) is -0.139. The number of halogens is 1. The molecule has 1 spiro atoms. The molecule has 0 aliphatic carbocycles. The number of amidine groups is 1. The summed E-state index contributed by atoms with van der Waals surface area (Å²) in [5.41, 5.74) is 0.762. The Balaban J connectivity index is 1.28. The maximum absolute atomic E-state index is 14.9. The molecule has 5 aliphatic heterocycles. The number of carbonyl (C=O) groups excluding carboxylic acids is 1. The van der Waals surface area contributed by atoms with Crippen LogP contribution in [0, 0.1) is 11.3 Å². The quantitative estimate of drug-likeness (QED) is 0.619. The van der Waals surface area contributed by atoms with E-state index < -0.39 is 12.0 Å². The summed E-state index contributed by atoms with van der Waals surface area (Å²) < 4.78 is 31.4. The van der Waals surface area contributed by atoms with E-state index in [1.807, 2.05) is 4.90 Å². The average Bonchev–Trinajstić information content (AvgIpc) is 3.39. The van der Waals surface area contributed by atoms with Gasteiger partial charge in [-0.15, -0.1) is 0 Å².